The highest BCUT2D eigenvalue weighted by molar-refractivity contribution is 5.64. The van der Waals surface area contributed by atoms with Crippen LogP contribution in [-0.4, -0.2) is 37.0 Å². The van der Waals surface area contributed by atoms with E-state index in [1.54, 1.807) is 0 Å². The van der Waals surface area contributed by atoms with Gasteiger partial charge in [-0.1, -0.05) is 36.4 Å². The summed E-state index contributed by atoms with van der Waals surface area (Å²) in [5.74, 6) is 1.71. The molecule has 5 nitrogen and oxygen atoms in total. The molecule has 3 aromatic carbocycles. The van der Waals surface area contributed by atoms with Crippen molar-refractivity contribution in [1.29, 1.82) is 0 Å². The van der Waals surface area contributed by atoms with Crippen molar-refractivity contribution in [2.75, 3.05) is 25.0 Å². The summed E-state index contributed by atoms with van der Waals surface area (Å²) in [6.45, 7) is 3.54. The fourth-order valence-electron chi connectivity index (χ4n) is 3.71. The second-order valence-electron chi connectivity index (χ2n) is 7.98. The molecule has 1 aliphatic rings. The highest BCUT2D eigenvalue weighted by atomic mass is 16.5. The Morgan fingerprint density at radius 2 is 1.87 bits per heavy atom. The molecule has 0 saturated carbocycles. The van der Waals surface area contributed by atoms with Gasteiger partial charge in [0.05, 0.1) is 0 Å². The molecule has 1 aliphatic heterocycles. The maximum atomic E-state index is 10.1. The van der Waals surface area contributed by atoms with Crippen molar-refractivity contribution in [2.45, 2.75) is 32.0 Å². The largest absolute Gasteiger partial charge is 0.491 e. The van der Waals surface area contributed by atoms with Crippen LogP contribution >= 0.6 is 0 Å². The quantitative estimate of drug-likeness (QED) is 0.479. The molecule has 0 aromatic heterocycles. The van der Waals surface area contributed by atoms with Gasteiger partial charge in [-0.2, -0.15) is 0 Å². The van der Waals surface area contributed by atoms with Crippen LogP contribution < -0.4 is 20.1 Å². The molecule has 162 valence electrons. The van der Waals surface area contributed by atoms with Crippen LogP contribution in [0, 0.1) is 6.92 Å². The Kier molecular flexibility index (Phi) is 7.07. The van der Waals surface area contributed by atoms with E-state index in [-0.39, 0.29) is 12.7 Å². The lowest BCUT2D eigenvalue weighted by atomic mass is 10.0. The number of fused-ring (bicyclic) bond motifs is 1. The average molecular weight is 419 g/mol. The van der Waals surface area contributed by atoms with Gasteiger partial charge in [-0.25, -0.2) is 0 Å². The molecule has 0 amide bonds. The van der Waals surface area contributed by atoms with E-state index in [1.165, 1.54) is 11.1 Å². The summed E-state index contributed by atoms with van der Waals surface area (Å²) in [6.07, 6.45) is 1.46. The molecule has 0 aliphatic carbocycles. The van der Waals surface area contributed by atoms with Gasteiger partial charge in [-0.3, -0.25) is 0 Å². The summed E-state index contributed by atoms with van der Waals surface area (Å²) < 4.78 is 11.8. The van der Waals surface area contributed by atoms with Gasteiger partial charge in [-0.15, -0.1) is 0 Å². The maximum absolute atomic E-state index is 10.1. The average Bonchev–Trinajstić information content (AvgIpc) is 2.80. The molecule has 3 N–H and O–H groups in total. The van der Waals surface area contributed by atoms with Crippen LogP contribution in [0.5, 0.6) is 11.5 Å². The zero-order chi connectivity index (χ0) is 21.5. The Bertz CT molecular complexity index is 977. The molecule has 0 radical (unpaired) electrons. The summed E-state index contributed by atoms with van der Waals surface area (Å²) >= 11 is 0. The number of nitrogens with one attached hydrogen (secondary N) is 2. The summed E-state index contributed by atoms with van der Waals surface area (Å²) in [7, 11) is 0. The third-order valence-electron chi connectivity index (χ3n) is 5.45. The first-order valence-corrected chi connectivity index (χ1v) is 10.9. The van der Waals surface area contributed by atoms with Gasteiger partial charge in [0.25, 0.3) is 0 Å². The predicted molar refractivity (Wildman–Crippen MR) is 124 cm³/mol. The van der Waals surface area contributed by atoms with Gasteiger partial charge in [0.15, 0.2) is 0 Å². The Balaban J connectivity index is 1.22. The van der Waals surface area contributed by atoms with E-state index >= 15 is 0 Å². The Labute approximate surface area is 184 Å². The molecule has 1 heterocycles. The monoisotopic (exact) mass is 418 g/mol. The molecule has 0 saturated heterocycles. The summed E-state index contributed by atoms with van der Waals surface area (Å²) in [4.78, 5) is 0. The highest BCUT2D eigenvalue weighted by Crippen LogP contribution is 2.31. The van der Waals surface area contributed by atoms with Crippen molar-refractivity contribution >= 4 is 11.4 Å². The van der Waals surface area contributed by atoms with E-state index in [0.29, 0.717) is 13.1 Å². The van der Waals surface area contributed by atoms with Gasteiger partial charge < -0.3 is 25.2 Å². The number of aryl methyl sites for hydroxylation is 2. The molecular formula is C26H30N2O3. The Hall–Kier alpha value is -3.02. The second kappa shape index (κ2) is 10.3. The number of aliphatic hydroxyl groups excluding tert-OH is 1. The van der Waals surface area contributed by atoms with Crippen molar-refractivity contribution in [3.8, 4) is 11.5 Å². The first-order valence-electron chi connectivity index (χ1n) is 10.9. The van der Waals surface area contributed by atoms with Gasteiger partial charge in [0.1, 0.15) is 30.3 Å². The predicted octanol–water partition coefficient (Wildman–Crippen LogP) is 4.46. The number of para-hydroxylation sites is 2. The second-order valence-corrected chi connectivity index (χ2v) is 7.98. The molecule has 4 rings (SSSR count). The van der Waals surface area contributed by atoms with Gasteiger partial charge in [-0.05, 0) is 67.3 Å². The topological polar surface area (TPSA) is 62.8 Å². The normalized spacial score (nSPS) is 16.1. The third kappa shape index (κ3) is 6.00. The summed E-state index contributed by atoms with van der Waals surface area (Å²) in [5.41, 5.74) is 4.65. The van der Waals surface area contributed by atoms with E-state index < -0.39 is 6.10 Å². The van der Waals surface area contributed by atoms with Crippen LogP contribution in [0.3, 0.4) is 0 Å². The first kappa shape index (κ1) is 21.2. The minimum absolute atomic E-state index is 0.102. The molecule has 31 heavy (non-hydrogen) atoms. The van der Waals surface area contributed by atoms with E-state index in [0.717, 1.165) is 35.7 Å². The number of aliphatic hydroxyl groups is 1. The number of rotatable bonds is 9. The van der Waals surface area contributed by atoms with E-state index in [2.05, 4.69) is 41.8 Å². The smallest absolute Gasteiger partial charge is 0.123 e. The Morgan fingerprint density at radius 3 is 2.71 bits per heavy atom. The molecule has 2 unspecified atom stereocenters. The SMILES string of the molecule is Cc1ccccc1Nc1ccc2c(c1)CCC(CNCC(O)COc1ccccc1)O2. The van der Waals surface area contributed by atoms with Crippen LogP contribution in [0.1, 0.15) is 17.5 Å². The molecule has 0 spiro atoms. The maximum Gasteiger partial charge on any atom is 0.123 e. The van der Waals surface area contributed by atoms with Crippen molar-refractivity contribution in [3.63, 3.8) is 0 Å². The lowest BCUT2D eigenvalue weighted by Gasteiger charge is -2.27. The zero-order valence-electron chi connectivity index (χ0n) is 17.9. The Morgan fingerprint density at radius 1 is 1.06 bits per heavy atom. The van der Waals surface area contributed by atoms with Crippen molar-refractivity contribution in [1.82, 2.24) is 5.32 Å². The fraction of sp³-hybridized carbons (Fsp3) is 0.308. The van der Waals surface area contributed by atoms with Crippen molar-refractivity contribution < 1.29 is 14.6 Å². The number of anilines is 2. The van der Waals surface area contributed by atoms with Crippen LogP contribution in [0.2, 0.25) is 0 Å². The highest BCUT2D eigenvalue weighted by Gasteiger charge is 2.20. The van der Waals surface area contributed by atoms with E-state index in [4.69, 9.17) is 9.47 Å². The van der Waals surface area contributed by atoms with Crippen molar-refractivity contribution in [3.05, 3.63) is 83.9 Å². The number of hydrogen-bond acceptors (Lipinski definition) is 5. The zero-order valence-corrected chi connectivity index (χ0v) is 17.9. The third-order valence-corrected chi connectivity index (χ3v) is 5.45. The molecule has 2 atom stereocenters. The molecule has 0 bridgehead atoms. The number of ether oxygens (including phenoxy) is 2. The standard InChI is InChI=1S/C26H30N2O3/c1-19-7-5-6-10-25(19)28-21-12-14-26-20(15-21)11-13-24(31-26)17-27-16-22(29)18-30-23-8-3-2-4-9-23/h2-10,12,14-15,22,24,27-29H,11,13,16-18H2,1H3. The van der Waals surface area contributed by atoms with Gasteiger partial charge in [0.2, 0.25) is 0 Å². The molecular weight excluding hydrogens is 388 g/mol. The lowest BCUT2D eigenvalue weighted by molar-refractivity contribution is 0.0998. The lowest BCUT2D eigenvalue weighted by Crippen LogP contribution is -2.39. The minimum Gasteiger partial charge on any atom is -0.491 e. The van der Waals surface area contributed by atoms with Crippen LogP contribution in [-0.2, 0) is 6.42 Å². The number of hydrogen-bond donors (Lipinski definition) is 3. The van der Waals surface area contributed by atoms with Gasteiger partial charge >= 0.3 is 0 Å². The first-order chi connectivity index (χ1) is 15.2. The molecule has 5 heteroatoms. The number of benzene rings is 3. The molecule has 3 aromatic rings. The fourth-order valence-corrected chi connectivity index (χ4v) is 3.71. The van der Waals surface area contributed by atoms with Gasteiger partial charge in [0, 0.05) is 24.5 Å². The molecule has 0 fully saturated rings. The minimum atomic E-state index is -0.564. The summed E-state index contributed by atoms with van der Waals surface area (Å²) in [5, 5.41) is 16.9. The van der Waals surface area contributed by atoms with Crippen LogP contribution in [0.25, 0.3) is 0 Å². The van der Waals surface area contributed by atoms with E-state index in [1.807, 2.05) is 48.5 Å². The van der Waals surface area contributed by atoms with Crippen LogP contribution in [0.15, 0.2) is 72.8 Å². The van der Waals surface area contributed by atoms with E-state index in [9.17, 15) is 5.11 Å². The summed E-state index contributed by atoms with van der Waals surface area (Å²) in [6, 6.07) is 24.1. The van der Waals surface area contributed by atoms with Crippen LogP contribution in [0.4, 0.5) is 11.4 Å². The van der Waals surface area contributed by atoms with Crippen molar-refractivity contribution in [2.24, 2.45) is 0 Å².